The smallest absolute Gasteiger partial charge is 0.224 e. The van der Waals surface area contributed by atoms with Gasteiger partial charge in [0.2, 0.25) is 5.91 Å². The van der Waals surface area contributed by atoms with Gasteiger partial charge in [-0.25, -0.2) is 0 Å². The van der Waals surface area contributed by atoms with Crippen LogP contribution in [0.25, 0.3) is 10.8 Å². The molecular weight excluding hydrogens is 228 g/mol. The fourth-order valence-corrected chi connectivity index (χ4v) is 1.87. The largest absolute Gasteiger partial charge is 0.326 e. The summed E-state index contributed by atoms with van der Waals surface area (Å²) in [5, 5.41) is 4.44. The molecule has 0 saturated carbocycles. The molecule has 0 bridgehead atoms. The number of hydrogen-bond acceptors (Lipinski definition) is 3. The number of carbonyl (C=O) groups excluding carboxylic acids is 2. The average Bonchev–Trinajstić information content (AvgIpc) is 2.38. The van der Waals surface area contributed by atoms with Gasteiger partial charge in [-0.3, -0.25) is 14.6 Å². The van der Waals surface area contributed by atoms with Gasteiger partial charge in [0, 0.05) is 29.1 Å². The lowest BCUT2D eigenvalue weighted by Gasteiger charge is -2.08. The first-order valence-corrected chi connectivity index (χ1v) is 5.89. The molecule has 0 aliphatic carbocycles. The van der Waals surface area contributed by atoms with E-state index in [1.807, 2.05) is 19.1 Å². The predicted molar refractivity (Wildman–Crippen MR) is 70.7 cm³/mol. The average molecular weight is 242 g/mol. The minimum absolute atomic E-state index is 0.0190. The molecule has 0 aliphatic rings. The lowest BCUT2D eigenvalue weighted by Crippen LogP contribution is -2.11. The Bertz CT molecular complexity index is 593. The van der Waals surface area contributed by atoms with Gasteiger partial charge in [-0.1, -0.05) is 19.1 Å². The van der Waals surface area contributed by atoms with Crippen molar-refractivity contribution >= 4 is 28.7 Å². The molecule has 0 unspecified atom stereocenters. The van der Waals surface area contributed by atoms with E-state index in [1.54, 1.807) is 18.3 Å². The maximum absolute atomic E-state index is 11.6. The molecule has 2 rings (SSSR count). The zero-order valence-electron chi connectivity index (χ0n) is 10.1. The first kappa shape index (κ1) is 12.2. The van der Waals surface area contributed by atoms with Gasteiger partial charge in [-0.15, -0.1) is 0 Å². The highest BCUT2D eigenvalue weighted by Crippen LogP contribution is 2.24. The summed E-state index contributed by atoms with van der Waals surface area (Å²) in [6.45, 7) is 1.96. The molecule has 0 spiro atoms. The van der Waals surface area contributed by atoms with Crippen LogP contribution < -0.4 is 5.32 Å². The number of pyridine rings is 1. The van der Waals surface area contributed by atoms with E-state index in [-0.39, 0.29) is 5.91 Å². The summed E-state index contributed by atoms with van der Waals surface area (Å²) in [7, 11) is 0. The second-order valence-corrected chi connectivity index (χ2v) is 4.01. The molecule has 0 aliphatic heterocycles. The van der Waals surface area contributed by atoms with Crippen LogP contribution in [-0.4, -0.2) is 17.2 Å². The third-order valence-corrected chi connectivity index (χ3v) is 2.70. The van der Waals surface area contributed by atoms with E-state index in [1.165, 1.54) is 0 Å². The van der Waals surface area contributed by atoms with Crippen LogP contribution in [0.4, 0.5) is 5.69 Å². The van der Waals surface area contributed by atoms with Crippen LogP contribution >= 0.6 is 0 Å². The van der Waals surface area contributed by atoms with E-state index in [0.717, 1.165) is 29.2 Å². The molecular formula is C14H14N2O2. The Kier molecular flexibility index (Phi) is 3.67. The van der Waals surface area contributed by atoms with Crippen molar-refractivity contribution < 1.29 is 9.59 Å². The molecule has 2 aromatic rings. The molecule has 0 saturated heterocycles. The monoisotopic (exact) mass is 242 g/mol. The predicted octanol–water partition coefficient (Wildman–Crippen LogP) is 2.79. The third-order valence-electron chi connectivity index (χ3n) is 2.70. The summed E-state index contributed by atoms with van der Waals surface area (Å²) in [6, 6.07) is 7.24. The Labute approximate surface area is 105 Å². The summed E-state index contributed by atoms with van der Waals surface area (Å²) < 4.78 is 0. The minimum Gasteiger partial charge on any atom is -0.326 e. The number of carbonyl (C=O) groups is 2. The first-order chi connectivity index (χ1) is 8.76. The highest BCUT2D eigenvalue weighted by atomic mass is 16.1. The zero-order valence-corrected chi connectivity index (χ0v) is 10.1. The second-order valence-electron chi connectivity index (χ2n) is 4.01. The van der Waals surface area contributed by atoms with Crippen LogP contribution in [0.2, 0.25) is 0 Å². The number of aromatic nitrogens is 1. The highest BCUT2D eigenvalue weighted by Gasteiger charge is 2.07. The summed E-state index contributed by atoms with van der Waals surface area (Å²) >= 11 is 0. The molecule has 1 aromatic carbocycles. The van der Waals surface area contributed by atoms with Gasteiger partial charge < -0.3 is 5.32 Å². The number of anilines is 1. The van der Waals surface area contributed by atoms with Crippen molar-refractivity contribution in [1.29, 1.82) is 0 Å². The molecule has 0 radical (unpaired) electrons. The second kappa shape index (κ2) is 5.40. The van der Waals surface area contributed by atoms with Crippen LogP contribution in [-0.2, 0) is 4.79 Å². The van der Waals surface area contributed by atoms with Crippen molar-refractivity contribution in [2.45, 2.75) is 19.8 Å². The number of nitrogens with zero attached hydrogens (tertiary/aromatic N) is 1. The molecule has 1 amide bonds. The zero-order chi connectivity index (χ0) is 13.0. The molecule has 4 heteroatoms. The lowest BCUT2D eigenvalue weighted by molar-refractivity contribution is -0.116. The molecule has 18 heavy (non-hydrogen) atoms. The van der Waals surface area contributed by atoms with Gasteiger partial charge in [0.05, 0.1) is 0 Å². The van der Waals surface area contributed by atoms with Crippen LogP contribution in [0.5, 0.6) is 0 Å². The van der Waals surface area contributed by atoms with Crippen molar-refractivity contribution in [3.63, 3.8) is 0 Å². The van der Waals surface area contributed by atoms with E-state index in [0.29, 0.717) is 12.1 Å². The third kappa shape index (κ3) is 2.37. The maximum atomic E-state index is 11.6. The van der Waals surface area contributed by atoms with Gasteiger partial charge in [-0.05, 0) is 18.6 Å². The number of rotatable bonds is 4. The van der Waals surface area contributed by atoms with Gasteiger partial charge in [0.1, 0.15) is 5.69 Å². The van der Waals surface area contributed by atoms with E-state index in [4.69, 9.17) is 0 Å². The summed E-state index contributed by atoms with van der Waals surface area (Å²) in [5.41, 5.74) is 1.11. The molecule has 0 atom stereocenters. The molecule has 1 aromatic heterocycles. The number of nitrogens with one attached hydrogen (secondary N) is 1. The fourth-order valence-electron chi connectivity index (χ4n) is 1.87. The normalized spacial score (nSPS) is 10.3. The van der Waals surface area contributed by atoms with E-state index >= 15 is 0 Å². The van der Waals surface area contributed by atoms with Gasteiger partial charge in [-0.2, -0.15) is 0 Å². The Hall–Kier alpha value is -2.23. The highest BCUT2D eigenvalue weighted by molar-refractivity contribution is 6.06. The molecule has 4 nitrogen and oxygen atoms in total. The molecule has 92 valence electrons. The summed E-state index contributed by atoms with van der Waals surface area (Å²) in [4.78, 5) is 26.5. The van der Waals surface area contributed by atoms with E-state index in [2.05, 4.69) is 10.3 Å². The number of hydrogen-bond donors (Lipinski definition) is 1. The Morgan fingerprint density at radius 3 is 2.89 bits per heavy atom. The van der Waals surface area contributed by atoms with Crippen LogP contribution in [0.15, 0.2) is 30.5 Å². The quantitative estimate of drug-likeness (QED) is 0.839. The van der Waals surface area contributed by atoms with Crippen molar-refractivity contribution in [3.05, 3.63) is 36.2 Å². The van der Waals surface area contributed by atoms with Crippen molar-refractivity contribution in [2.24, 2.45) is 0 Å². The standard InChI is InChI=1S/C14H14N2O2/c1-2-4-14(18)16-12-6-3-5-10-11(12)7-8-15-13(10)9-17/h3,5-9H,2,4H2,1H3,(H,16,18). The molecule has 1 N–H and O–H groups in total. The maximum Gasteiger partial charge on any atom is 0.224 e. The van der Waals surface area contributed by atoms with Crippen LogP contribution in [0, 0.1) is 0 Å². The summed E-state index contributed by atoms with van der Waals surface area (Å²) in [5.74, 6) is -0.0190. The Morgan fingerprint density at radius 2 is 2.17 bits per heavy atom. The lowest BCUT2D eigenvalue weighted by atomic mass is 10.1. The van der Waals surface area contributed by atoms with E-state index < -0.39 is 0 Å². The van der Waals surface area contributed by atoms with Gasteiger partial charge in [0.15, 0.2) is 6.29 Å². The van der Waals surface area contributed by atoms with E-state index in [9.17, 15) is 9.59 Å². The first-order valence-electron chi connectivity index (χ1n) is 5.89. The molecule has 1 heterocycles. The van der Waals surface area contributed by atoms with Gasteiger partial charge in [0.25, 0.3) is 0 Å². The fraction of sp³-hybridized carbons (Fsp3) is 0.214. The number of fused-ring (bicyclic) bond motifs is 1. The van der Waals surface area contributed by atoms with Crippen LogP contribution in [0.3, 0.4) is 0 Å². The Balaban J connectivity index is 2.45. The number of amides is 1. The SMILES string of the molecule is CCCC(=O)Nc1cccc2c(C=O)nccc12. The van der Waals surface area contributed by atoms with Crippen molar-refractivity contribution in [3.8, 4) is 0 Å². The minimum atomic E-state index is -0.0190. The summed E-state index contributed by atoms with van der Waals surface area (Å²) in [6.07, 6.45) is 3.58. The van der Waals surface area contributed by atoms with Crippen molar-refractivity contribution in [2.75, 3.05) is 5.32 Å². The number of aldehydes is 1. The van der Waals surface area contributed by atoms with Crippen LogP contribution in [0.1, 0.15) is 30.3 Å². The topological polar surface area (TPSA) is 59.1 Å². The molecule has 0 fully saturated rings. The number of benzene rings is 1. The van der Waals surface area contributed by atoms with Crippen molar-refractivity contribution in [1.82, 2.24) is 4.98 Å². The Morgan fingerprint density at radius 1 is 1.33 bits per heavy atom. The van der Waals surface area contributed by atoms with Gasteiger partial charge >= 0.3 is 0 Å².